The van der Waals surface area contributed by atoms with Gasteiger partial charge in [0.05, 0.1) is 35.8 Å². The fourth-order valence-electron chi connectivity index (χ4n) is 3.64. The van der Waals surface area contributed by atoms with Gasteiger partial charge in [-0.05, 0) is 31.2 Å². The predicted molar refractivity (Wildman–Crippen MR) is 115 cm³/mol. The summed E-state index contributed by atoms with van der Waals surface area (Å²) in [6.45, 7) is 3.75. The van der Waals surface area contributed by atoms with Crippen molar-refractivity contribution in [2.24, 2.45) is 0 Å². The third-order valence-corrected chi connectivity index (χ3v) is 7.15. The summed E-state index contributed by atoms with van der Waals surface area (Å²) in [5.41, 5.74) is 2.52. The second-order valence-electron chi connectivity index (χ2n) is 7.03. The third kappa shape index (κ3) is 3.66. The van der Waals surface area contributed by atoms with Gasteiger partial charge in [-0.25, -0.2) is 18.4 Å². The number of hydrogen-bond acceptors (Lipinski definition) is 7. The van der Waals surface area contributed by atoms with Crippen molar-refractivity contribution in [2.45, 2.75) is 11.8 Å². The van der Waals surface area contributed by atoms with Crippen LogP contribution in [0.25, 0.3) is 11.0 Å². The van der Waals surface area contributed by atoms with E-state index in [0.29, 0.717) is 37.7 Å². The van der Waals surface area contributed by atoms with Crippen LogP contribution in [-0.4, -0.2) is 63.1 Å². The number of methoxy groups -OCH3 is 2. The van der Waals surface area contributed by atoms with E-state index < -0.39 is 10.0 Å². The van der Waals surface area contributed by atoms with Crippen LogP contribution in [-0.2, 0) is 10.0 Å². The summed E-state index contributed by atoms with van der Waals surface area (Å²) in [6, 6.07) is 12.4. The fourth-order valence-corrected chi connectivity index (χ4v) is 5.08. The Labute approximate surface area is 176 Å². The summed E-state index contributed by atoms with van der Waals surface area (Å²) in [5.74, 6) is 1.68. The van der Waals surface area contributed by atoms with Gasteiger partial charge in [-0.3, -0.25) is 0 Å². The van der Waals surface area contributed by atoms with Crippen molar-refractivity contribution < 1.29 is 17.9 Å². The second kappa shape index (κ2) is 8.08. The summed E-state index contributed by atoms with van der Waals surface area (Å²) < 4.78 is 38.2. The maximum absolute atomic E-state index is 13.1. The van der Waals surface area contributed by atoms with Gasteiger partial charge < -0.3 is 14.4 Å². The zero-order valence-corrected chi connectivity index (χ0v) is 18.0. The van der Waals surface area contributed by atoms with Crippen molar-refractivity contribution in [3.8, 4) is 11.5 Å². The second-order valence-corrected chi connectivity index (χ2v) is 8.97. The molecule has 0 aliphatic carbocycles. The minimum atomic E-state index is -3.63. The first-order valence-corrected chi connectivity index (χ1v) is 11.1. The zero-order valence-electron chi connectivity index (χ0n) is 17.2. The third-order valence-electron chi connectivity index (χ3n) is 5.25. The number of hydrogen-bond donors (Lipinski definition) is 0. The zero-order chi connectivity index (χ0) is 21.3. The summed E-state index contributed by atoms with van der Waals surface area (Å²) in [7, 11) is -0.632. The molecular weight excluding hydrogens is 404 g/mol. The van der Waals surface area contributed by atoms with Crippen LogP contribution < -0.4 is 14.4 Å². The molecule has 8 nitrogen and oxygen atoms in total. The first-order valence-electron chi connectivity index (χ1n) is 9.64. The van der Waals surface area contributed by atoms with Crippen molar-refractivity contribution in [3.63, 3.8) is 0 Å². The highest BCUT2D eigenvalue weighted by molar-refractivity contribution is 7.89. The van der Waals surface area contributed by atoms with Gasteiger partial charge in [-0.2, -0.15) is 4.31 Å². The molecule has 0 radical (unpaired) electrons. The van der Waals surface area contributed by atoms with Crippen LogP contribution in [0.15, 0.2) is 47.4 Å². The Morgan fingerprint density at radius 1 is 0.867 bits per heavy atom. The molecule has 3 aromatic rings. The maximum atomic E-state index is 13.1. The van der Waals surface area contributed by atoms with E-state index in [9.17, 15) is 8.42 Å². The smallest absolute Gasteiger partial charge is 0.243 e. The van der Waals surface area contributed by atoms with Crippen molar-refractivity contribution in [1.82, 2.24) is 14.3 Å². The number of piperazine rings is 1. The topological polar surface area (TPSA) is 84.9 Å². The molecule has 9 heteroatoms. The van der Waals surface area contributed by atoms with Crippen LogP contribution in [0.3, 0.4) is 0 Å². The molecule has 1 aliphatic rings. The fraction of sp³-hybridized carbons (Fsp3) is 0.333. The van der Waals surface area contributed by atoms with E-state index in [0.717, 1.165) is 22.5 Å². The highest BCUT2D eigenvalue weighted by Crippen LogP contribution is 2.31. The monoisotopic (exact) mass is 428 g/mol. The lowest BCUT2D eigenvalue weighted by atomic mass is 10.2. The molecule has 1 aliphatic heterocycles. The first kappa shape index (κ1) is 20.4. The van der Waals surface area contributed by atoms with Crippen molar-refractivity contribution in [2.75, 3.05) is 45.3 Å². The Hall–Kier alpha value is -2.91. The van der Waals surface area contributed by atoms with Crippen molar-refractivity contribution in [3.05, 3.63) is 48.2 Å². The number of para-hydroxylation sites is 2. The van der Waals surface area contributed by atoms with Crippen LogP contribution in [0.2, 0.25) is 0 Å². The van der Waals surface area contributed by atoms with Gasteiger partial charge >= 0.3 is 0 Å². The SMILES string of the molecule is COc1ccc(S(=O)(=O)N2CCN(c3nc4ccccc4nc3C)CC2)cc1OC. The molecule has 1 saturated heterocycles. The minimum absolute atomic E-state index is 0.190. The van der Waals surface area contributed by atoms with Gasteiger partial charge in [0.1, 0.15) is 0 Å². The number of anilines is 1. The number of sulfonamides is 1. The number of nitrogens with zero attached hydrogens (tertiary/aromatic N) is 4. The molecule has 0 spiro atoms. The molecule has 1 fully saturated rings. The lowest BCUT2D eigenvalue weighted by Gasteiger charge is -2.35. The number of rotatable bonds is 5. The molecule has 0 atom stereocenters. The highest BCUT2D eigenvalue weighted by atomic mass is 32.2. The van der Waals surface area contributed by atoms with E-state index >= 15 is 0 Å². The molecule has 4 rings (SSSR count). The summed E-state index contributed by atoms with van der Waals surface area (Å²) in [4.78, 5) is 11.7. The largest absolute Gasteiger partial charge is 0.493 e. The first-order chi connectivity index (χ1) is 14.4. The van der Waals surface area contributed by atoms with Gasteiger partial charge in [-0.1, -0.05) is 12.1 Å². The van der Waals surface area contributed by atoms with E-state index in [2.05, 4.69) is 9.88 Å². The molecular formula is C21H24N4O4S. The summed E-state index contributed by atoms with van der Waals surface area (Å²) in [6.07, 6.45) is 0. The Kier molecular flexibility index (Phi) is 5.48. The molecule has 0 N–H and O–H groups in total. The average molecular weight is 429 g/mol. The van der Waals surface area contributed by atoms with Crippen LogP contribution in [0.4, 0.5) is 5.82 Å². The molecule has 158 valence electrons. The maximum Gasteiger partial charge on any atom is 0.243 e. The number of benzene rings is 2. The number of ether oxygens (including phenoxy) is 2. The summed E-state index contributed by atoms with van der Waals surface area (Å²) >= 11 is 0. The van der Waals surface area contributed by atoms with Crippen LogP contribution in [0.5, 0.6) is 11.5 Å². The van der Waals surface area contributed by atoms with E-state index in [1.165, 1.54) is 24.6 Å². The highest BCUT2D eigenvalue weighted by Gasteiger charge is 2.30. The molecule has 0 bridgehead atoms. The van der Waals surface area contributed by atoms with Crippen LogP contribution >= 0.6 is 0 Å². The van der Waals surface area contributed by atoms with Gasteiger partial charge in [0.2, 0.25) is 10.0 Å². The normalized spacial score (nSPS) is 15.4. The molecule has 2 aromatic carbocycles. The number of aryl methyl sites for hydroxylation is 1. The Balaban J connectivity index is 1.54. The van der Waals surface area contributed by atoms with Crippen molar-refractivity contribution >= 4 is 26.9 Å². The van der Waals surface area contributed by atoms with Gasteiger partial charge in [0, 0.05) is 32.2 Å². The Morgan fingerprint density at radius 2 is 1.50 bits per heavy atom. The van der Waals surface area contributed by atoms with Crippen LogP contribution in [0, 0.1) is 6.92 Å². The lowest BCUT2D eigenvalue weighted by molar-refractivity contribution is 0.353. The van der Waals surface area contributed by atoms with E-state index in [4.69, 9.17) is 14.5 Å². The van der Waals surface area contributed by atoms with Gasteiger partial charge in [-0.15, -0.1) is 0 Å². The predicted octanol–water partition coefficient (Wildman–Crippen LogP) is 2.47. The minimum Gasteiger partial charge on any atom is -0.493 e. The summed E-state index contributed by atoms with van der Waals surface area (Å²) in [5, 5.41) is 0. The Morgan fingerprint density at radius 3 is 2.13 bits per heavy atom. The number of fused-ring (bicyclic) bond motifs is 1. The van der Waals surface area contributed by atoms with Gasteiger partial charge in [0.25, 0.3) is 0 Å². The molecule has 0 amide bonds. The van der Waals surface area contributed by atoms with E-state index in [1.54, 1.807) is 12.1 Å². The van der Waals surface area contributed by atoms with Gasteiger partial charge in [0.15, 0.2) is 17.3 Å². The quantitative estimate of drug-likeness (QED) is 0.617. The Bertz CT molecular complexity index is 1170. The molecule has 0 saturated carbocycles. The number of aromatic nitrogens is 2. The molecule has 30 heavy (non-hydrogen) atoms. The average Bonchev–Trinajstić information content (AvgIpc) is 2.78. The molecule has 1 aromatic heterocycles. The molecule has 0 unspecified atom stereocenters. The van der Waals surface area contributed by atoms with Crippen LogP contribution in [0.1, 0.15) is 5.69 Å². The standard InChI is InChI=1S/C21H24N4O4S/c1-15-21(23-18-7-5-4-6-17(18)22-15)24-10-12-25(13-11-24)30(26,27)16-8-9-19(28-2)20(14-16)29-3/h4-9,14H,10-13H2,1-3H3. The molecule has 2 heterocycles. The lowest BCUT2D eigenvalue weighted by Crippen LogP contribution is -2.49. The van der Waals surface area contributed by atoms with E-state index in [1.807, 2.05) is 31.2 Å². The van der Waals surface area contributed by atoms with E-state index in [-0.39, 0.29) is 4.90 Å². The van der Waals surface area contributed by atoms with Crippen molar-refractivity contribution in [1.29, 1.82) is 0 Å².